The predicted molar refractivity (Wildman–Crippen MR) is 53.7 cm³/mol. The van der Waals surface area contributed by atoms with Crippen LogP contribution in [0.2, 0.25) is 0 Å². The number of hydrogen-bond donors (Lipinski definition) is 1. The van der Waals surface area contributed by atoms with Crippen molar-refractivity contribution in [1.82, 2.24) is 5.32 Å². The van der Waals surface area contributed by atoms with Gasteiger partial charge in [-0.05, 0) is 24.6 Å². The highest BCUT2D eigenvalue weighted by atomic mass is 19.1. The van der Waals surface area contributed by atoms with E-state index in [0.717, 1.165) is 0 Å². The number of amides is 1. The Bertz CT molecular complexity index is 360. The van der Waals surface area contributed by atoms with E-state index in [4.69, 9.17) is 0 Å². The molecular weight excluding hydrogens is 181 g/mol. The van der Waals surface area contributed by atoms with Crippen LogP contribution in [0.1, 0.15) is 15.9 Å². The van der Waals surface area contributed by atoms with Crippen LogP contribution in [-0.2, 0) is 0 Å². The Morgan fingerprint density at radius 3 is 2.93 bits per heavy atom. The molecule has 1 aromatic rings. The summed E-state index contributed by atoms with van der Waals surface area (Å²) in [7, 11) is 0. The van der Waals surface area contributed by atoms with Gasteiger partial charge in [0.15, 0.2) is 0 Å². The second-order valence-electron chi connectivity index (χ2n) is 2.96. The van der Waals surface area contributed by atoms with E-state index in [9.17, 15) is 9.18 Å². The molecule has 14 heavy (non-hydrogen) atoms. The molecule has 1 rings (SSSR count). The highest BCUT2D eigenvalue weighted by Crippen LogP contribution is 2.08. The van der Waals surface area contributed by atoms with Crippen LogP contribution < -0.4 is 5.32 Å². The quantitative estimate of drug-likeness (QED) is 0.731. The van der Waals surface area contributed by atoms with Crippen LogP contribution >= 0.6 is 0 Å². The molecule has 0 bridgehead atoms. The molecule has 0 aromatic heterocycles. The molecule has 3 heteroatoms. The Labute approximate surface area is 82.4 Å². The third-order valence-electron chi connectivity index (χ3n) is 1.84. The number of halogens is 1. The standard InChI is InChI=1S/C11H12FNO/c1-3-6-13-11(14)9-5-4-8(2)10(12)7-9/h3-5,7H,1,6H2,2H3,(H,13,14). The van der Waals surface area contributed by atoms with Crippen LogP contribution in [0.3, 0.4) is 0 Å². The highest BCUT2D eigenvalue weighted by molar-refractivity contribution is 5.94. The molecule has 0 aliphatic carbocycles. The van der Waals surface area contributed by atoms with Crippen molar-refractivity contribution >= 4 is 5.91 Å². The summed E-state index contributed by atoms with van der Waals surface area (Å²) in [6.07, 6.45) is 1.57. The fourth-order valence-corrected chi connectivity index (χ4v) is 1.00. The summed E-state index contributed by atoms with van der Waals surface area (Å²) in [5, 5.41) is 2.57. The smallest absolute Gasteiger partial charge is 0.251 e. The lowest BCUT2D eigenvalue weighted by Gasteiger charge is -2.03. The lowest BCUT2D eigenvalue weighted by atomic mass is 10.1. The van der Waals surface area contributed by atoms with Gasteiger partial charge in [0.05, 0.1) is 0 Å². The van der Waals surface area contributed by atoms with Crippen LogP contribution in [-0.4, -0.2) is 12.5 Å². The predicted octanol–water partition coefficient (Wildman–Crippen LogP) is 2.05. The molecule has 74 valence electrons. The summed E-state index contributed by atoms with van der Waals surface area (Å²) in [6, 6.07) is 4.41. The minimum absolute atomic E-state index is 0.288. The van der Waals surface area contributed by atoms with Crippen molar-refractivity contribution < 1.29 is 9.18 Å². The Morgan fingerprint density at radius 1 is 1.64 bits per heavy atom. The maximum Gasteiger partial charge on any atom is 0.251 e. The first kappa shape index (κ1) is 10.4. The van der Waals surface area contributed by atoms with Crippen LogP contribution in [0, 0.1) is 12.7 Å². The van der Waals surface area contributed by atoms with E-state index in [1.165, 1.54) is 6.07 Å². The molecule has 1 aromatic carbocycles. The van der Waals surface area contributed by atoms with Gasteiger partial charge in [-0.3, -0.25) is 4.79 Å². The van der Waals surface area contributed by atoms with Gasteiger partial charge in [0.25, 0.3) is 5.91 Å². The molecule has 2 nitrogen and oxygen atoms in total. The summed E-state index contributed by atoms with van der Waals surface area (Å²) in [5.74, 6) is -0.653. The molecule has 1 N–H and O–H groups in total. The molecule has 0 saturated carbocycles. The summed E-state index contributed by atoms with van der Waals surface area (Å²) >= 11 is 0. The lowest BCUT2D eigenvalue weighted by Crippen LogP contribution is -2.23. The average molecular weight is 193 g/mol. The van der Waals surface area contributed by atoms with Gasteiger partial charge in [-0.25, -0.2) is 4.39 Å². The van der Waals surface area contributed by atoms with Gasteiger partial charge in [-0.15, -0.1) is 6.58 Å². The molecule has 0 saturated heterocycles. The Balaban J connectivity index is 2.80. The number of rotatable bonds is 3. The zero-order valence-corrected chi connectivity index (χ0v) is 8.01. The number of benzene rings is 1. The minimum Gasteiger partial charge on any atom is -0.349 e. The minimum atomic E-state index is -0.365. The first-order valence-corrected chi connectivity index (χ1v) is 4.30. The Morgan fingerprint density at radius 2 is 2.36 bits per heavy atom. The van der Waals surface area contributed by atoms with E-state index in [2.05, 4.69) is 11.9 Å². The third-order valence-corrected chi connectivity index (χ3v) is 1.84. The number of nitrogens with one attached hydrogen (secondary N) is 1. The normalized spacial score (nSPS) is 9.57. The Hall–Kier alpha value is -1.64. The number of aryl methyl sites for hydroxylation is 1. The SMILES string of the molecule is C=CCNC(=O)c1ccc(C)c(F)c1. The van der Waals surface area contributed by atoms with E-state index in [0.29, 0.717) is 17.7 Å². The maximum absolute atomic E-state index is 13.1. The maximum atomic E-state index is 13.1. The lowest BCUT2D eigenvalue weighted by molar-refractivity contribution is 0.0957. The van der Waals surface area contributed by atoms with Gasteiger partial charge >= 0.3 is 0 Å². The number of carbonyl (C=O) groups excluding carboxylic acids is 1. The number of carbonyl (C=O) groups is 1. The zero-order valence-electron chi connectivity index (χ0n) is 8.01. The highest BCUT2D eigenvalue weighted by Gasteiger charge is 2.06. The van der Waals surface area contributed by atoms with Crippen molar-refractivity contribution in [2.75, 3.05) is 6.54 Å². The van der Waals surface area contributed by atoms with E-state index in [-0.39, 0.29) is 11.7 Å². The van der Waals surface area contributed by atoms with Gasteiger partial charge in [-0.1, -0.05) is 12.1 Å². The molecule has 0 fully saturated rings. The molecule has 0 aliphatic rings. The fraction of sp³-hybridized carbons (Fsp3) is 0.182. The van der Waals surface area contributed by atoms with E-state index >= 15 is 0 Å². The van der Waals surface area contributed by atoms with Gasteiger partial charge in [0.1, 0.15) is 5.82 Å². The first-order valence-electron chi connectivity index (χ1n) is 4.30. The summed E-state index contributed by atoms with van der Waals surface area (Å²) < 4.78 is 13.1. The van der Waals surface area contributed by atoms with Crippen molar-refractivity contribution in [3.63, 3.8) is 0 Å². The summed E-state index contributed by atoms with van der Waals surface area (Å²) in [5.41, 5.74) is 0.861. The fourth-order valence-electron chi connectivity index (χ4n) is 1.00. The molecule has 0 unspecified atom stereocenters. The molecule has 0 spiro atoms. The van der Waals surface area contributed by atoms with Crippen LogP contribution in [0.4, 0.5) is 4.39 Å². The topological polar surface area (TPSA) is 29.1 Å². The van der Waals surface area contributed by atoms with Gasteiger partial charge in [-0.2, -0.15) is 0 Å². The van der Waals surface area contributed by atoms with E-state index < -0.39 is 0 Å². The third kappa shape index (κ3) is 2.42. The summed E-state index contributed by atoms with van der Waals surface area (Å²) in [4.78, 5) is 11.3. The van der Waals surface area contributed by atoms with Crippen molar-refractivity contribution in [2.24, 2.45) is 0 Å². The van der Waals surface area contributed by atoms with E-state index in [1.54, 1.807) is 25.1 Å². The molecular formula is C11H12FNO. The number of hydrogen-bond acceptors (Lipinski definition) is 1. The van der Waals surface area contributed by atoms with Crippen LogP contribution in [0.25, 0.3) is 0 Å². The average Bonchev–Trinajstić information content (AvgIpc) is 2.18. The van der Waals surface area contributed by atoms with Crippen LogP contribution in [0.5, 0.6) is 0 Å². The Kier molecular flexibility index (Phi) is 3.40. The van der Waals surface area contributed by atoms with Gasteiger partial charge in [0.2, 0.25) is 0 Å². The first-order chi connectivity index (χ1) is 6.65. The van der Waals surface area contributed by atoms with Gasteiger partial charge < -0.3 is 5.32 Å². The molecule has 0 atom stereocenters. The molecule has 0 heterocycles. The zero-order chi connectivity index (χ0) is 10.6. The van der Waals surface area contributed by atoms with Crippen molar-refractivity contribution in [3.8, 4) is 0 Å². The van der Waals surface area contributed by atoms with Crippen LogP contribution in [0.15, 0.2) is 30.9 Å². The van der Waals surface area contributed by atoms with Gasteiger partial charge in [0, 0.05) is 12.1 Å². The molecule has 0 aliphatic heterocycles. The second-order valence-corrected chi connectivity index (χ2v) is 2.96. The monoisotopic (exact) mass is 193 g/mol. The van der Waals surface area contributed by atoms with E-state index in [1.807, 2.05) is 0 Å². The largest absolute Gasteiger partial charge is 0.349 e. The van der Waals surface area contributed by atoms with Crippen molar-refractivity contribution in [2.45, 2.75) is 6.92 Å². The van der Waals surface area contributed by atoms with Crippen molar-refractivity contribution in [3.05, 3.63) is 47.8 Å². The molecule has 0 radical (unpaired) electrons. The van der Waals surface area contributed by atoms with Crippen molar-refractivity contribution in [1.29, 1.82) is 0 Å². The summed E-state index contributed by atoms with van der Waals surface area (Å²) in [6.45, 7) is 5.51. The second kappa shape index (κ2) is 4.56. The molecule has 1 amide bonds.